The second-order valence-electron chi connectivity index (χ2n) is 11.4. The molecule has 0 spiro atoms. The molecule has 1 aliphatic carbocycles. The molecule has 212 valence electrons. The number of carbonyl (C=O) groups excluding carboxylic acids is 1. The monoisotopic (exact) mass is 569 g/mol. The highest BCUT2D eigenvalue weighted by atomic mass is 32.2. The minimum absolute atomic E-state index is 0.0184. The number of aryl methyl sites for hydroxylation is 1. The van der Waals surface area contributed by atoms with Crippen molar-refractivity contribution in [1.29, 1.82) is 0 Å². The lowest BCUT2D eigenvalue weighted by Gasteiger charge is -2.54. The lowest BCUT2D eigenvalue weighted by atomic mass is 9.59. The minimum Gasteiger partial charge on any atom is -0.339 e. The van der Waals surface area contributed by atoms with Gasteiger partial charge in [-0.05, 0) is 86.3 Å². The highest BCUT2D eigenvalue weighted by Gasteiger charge is 2.55. The lowest BCUT2D eigenvalue weighted by molar-refractivity contribution is -0.228. The van der Waals surface area contributed by atoms with E-state index in [1.165, 1.54) is 24.3 Å². The molecule has 10 heteroatoms. The van der Waals surface area contributed by atoms with Gasteiger partial charge in [0.2, 0.25) is 11.6 Å². The molecule has 1 amide bonds. The van der Waals surface area contributed by atoms with Gasteiger partial charge in [-0.2, -0.15) is 13.2 Å². The average Bonchev–Trinajstić information content (AvgIpc) is 2.88. The summed E-state index contributed by atoms with van der Waals surface area (Å²) in [5.74, 6) is -0.890. The third-order valence-electron chi connectivity index (χ3n) is 9.06. The molecule has 3 atom stereocenters. The molecular formula is C29H32F5NO3S. The van der Waals surface area contributed by atoms with Gasteiger partial charge in [-0.15, -0.1) is 0 Å². The van der Waals surface area contributed by atoms with E-state index in [2.05, 4.69) is 0 Å². The quantitative estimate of drug-likeness (QED) is 0.437. The molecular weight excluding hydrogens is 537 g/mol. The Hall–Kier alpha value is -2.49. The second kappa shape index (κ2) is 9.85. The van der Waals surface area contributed by atoms with Gasteiger partial charge in [0.05, 0.1) is 11.5 Å². The van der Waals surface area contributed by atoms with Gasteiger partial charge in [0.15, 0.2) is 0 Å². The van der Waals surface area contributed by atoms with Crippen LogP contribution >= 0.6 is 0 Å². The number of sulfone groups is 1. The van der Waals surface area contributed by atoms with Crippen molar-refractivity contribution in [2.24, 2.45) is 5.92 Å². The smallest absolute Gasteiger partial charge is 0.339 e. The molecule has 0 saturated carbocycles. The van der Waals surface area contributed by atoms with Crippen LogP contribution in [0, 0.1) is 11.7 Å². The standard InChI is InChI=1S/C29H32F5NO3S/c1-27(31,29(32,33)34)22-6-9-24-21(17-22)5-10-25-28(24,18-19-3-7-23(30)8-4-19)13-2-14-35(25)26(36)20-11-15-39(37,38)16-12-20/h3-4,6-9,17,20,25H,2,5,10-16,18H2,1H3. The van der Waals surface area contributed by atoms with Crippen LogP contribution < -0.4 is 0 Å². The van der Waals surface area contributed by atoms with E-state index in [1.807, 2.05) is 4.90 Å². The Morgan fingerprint density at radius 2 is 1.69 bits per heavy atom. The number of piperidine rings is 1. The Kier molecular flexibility index (Phi) is 7.09. The number of nitrogens with zero attached hydrogens (tertiary/aromatic N) is 1. The lowest BCUT2D eigenvalue weighted by Crippen LogP contribution is -2.61. The number of likely N-dealkylation sites (tertiary alicyclic amines) is 1. The van der Waals surface area contributed by atoms with Crippen molar-refractivity contribution in [3.05, 3.63) is 70.5 Å². The number of carbonyl (C=O) groups is 1. The van der Waals surface area contributed by atoms with Gasteiger partial charge in [-0.1, -0.05) is 30.3 Å². The fourth-order valence-corrected chi connectivity index (χ4v) is 8.36. The minimum atomic E-state index is -5.06. The maximum Gasteiger partial charge on any atom is 0.426 e. The first-order chi connectivity index (χ1) is 18.2. The maximum atomic E-state index is 14.9. The molecule has 2 saturated heterocycles. The number of benzene rings is 2. The Morgan fingerprint density at radius 3 is 2.33 bits per heavy atom. The van der Waals surface area contributed by atoms with Crippen molar-refractivity contribution in [2.75, 3.05) is 18.1 Å². The van der Waals surface area contributed by atoms with Crippen molar-refractivity contribution in [3.63, 3.8) is 0 Å². The second-order valence-corrected chi connectivity index (χ2v) is 13.8. The summed E-state index contributed by atoms with van der Waals surface area (Å²) in [7, 11) is -3.14. The van der Waals surface area contributed by atoms with Gasteiger partial charge in [0.1, 0.15) is 15.7 Å². The Labute approximate surface area is 225 Å². The molecule has 3 aliphatic rings. The summed E-state index contributed by atoms with van der Waals surface area (Å²) in [6, 6.07) is 9.93. The molecule has 2 aliphatic heterocycles. The maximum absolute atomic E-state index is 14.9. The molecule has 3 unspecified atom stereocenters. The van der Waals surface area contributed by atoms with Crippen molar-refractivity contribution in [1.82, 2.24) is 4.90 Å². The zero-order valence-electron chi connectivity index (χ0n) is 21.7. The van der Waals surface area contributed by atoms with Crippen molar-refractivity contribution < 1.29 is 35.2 Å². The summed E-state index contributed by atoms with van der Waals surface area (Å²) in [4.78, 5) is 15.6. The fourth-order valence-electron chi connectivity index (χ4n) is 6.87. The van der Waals surface area contributed by atoms with Crippen molar-refractivity contribution in [3.8, 4) is 0 Å². The Bertz CT molecular complexity index is 1340. The average molecular weight is 570 g/mol. The summed E-state index contributed by atoms with van der Waals surface area (Å²) in [6.45, 7) is 1.04. The predicted octanol–water partition coefficient (Wildman–Crippen LogP) is 5.82. The zero-order valence-corrected chi connectivity index (χ0v) is 22.6. The highest BCUT2D eigenvalue weighted by molar-refractivity contribution is 7.91. The fraction of sp³-hybridized carbons (Fsp3) is 0.552. The molecule has 2 aromatic carbocycles. The molecule has 2 heterocycles. The van der Waals surface area contributed by atoms with E-state index in [9.17, 15) is 35.2 Å². The van der Waals surface area contributed by atoms with Crippen LogP contribution in [0.2, 0.25) is 0 Å². The molecule has 0 aromatic heterocycles. The third kappa shape index (κ3) is 5.09. The van der Waals surface area contributed by atoms with E-state index in [-0.39, 0.29) is 42.1 Å². The summed E-state index contributed by atoms with van der Waals surface area (Å²) < 4.78 is 93.0. The number of amides is 1. The van der Waals surface area contributed by atoms with Gasteiger partial charge in [-0.3, -0.25) is 4.79 Å². The van der Waals surface area contributed by atoms with Crippen molar-refractivity contribution >= 4 is 15.7 Å². The van der Waals surface area contributed by atoms with Crippen LogP contribution in [0.4, 0.5) is 22.0 Å². The first-order valence-electron chi connectivity index (χ1n) is 13.4. The molecule has 39 heavy (non-hydrogen) atoms. The first-order valence-corrected chi connectivity index (χ1v) is 15.2. The van der Waals surface area contributed by atoms with Crippen molar-refractivity contribution in [2.45, 2.75) is 75.2 Å². The van der Waals surface area contributed by atoms with Gasteiger partial charge < -0.3 is 4.90 Å². The predicted molar refractivity (Wildman–Crippen MR) is 137 cm³/mol. The van der Waals surface area contributed by atoms with Gasteiger partial charge in [0.25, 0.3) is 0 Å². The molecule has 0 bridgehead atoms. The third-order valence-corrected chi connectivity index (χ3v) is 10.8. The van der Waals surface area contributed by atoms with Crippen LogP contribution in [-0.2, 0) is 38.6 Å². The SMILES string of the molecule is CC(F)(c1ccc2c(c1)CCC1N(C(=O)C3CCS(=O)(=O)CC3)CCCC21Cc1ccc(F)cc1)C(F)(F)F. The summed E-state index contributed by atoms with van der Waals surface area (Å²) in [5, 5.41) is 0. The summed E-state index contributed by atoms with van der Waals surface area (Å²) >= 11 is 0. The van der Waals surface area contributed by atoms with Crippen LogP contribution in [0.5, 0.6) is 0 Å². The molecule has 2 fully saturated rings. The molecule has 4 nitrogen and oxygen atoms in total. The van der Waals surface area contributed by atoms with Gasteiger partial charge >= 0.3 is 6.18 Å². The van der Waals surface area contributed by atoms with Crippen LogP contribution in [0.15, 0.2) is 42.5 Å². The van der Waals surface area contributed by atoms with Gasteiger partial charge in [-0.25, -0.2) is 17.2 Å². The number of rotatable bonds is 4. The van der Waals surface area contributed by atoms with Crippen LogP contribution in [0.3, 0.4) is 0 Å². The van der Waals surface area contributed by atoms with E-state index < -0.39 is 38.6 Å². The summed E-state index contributed by atoms with van der Waals surface area (Å²) in [6.07, 6.45) is -1.87. The highest BCUT2D eigenvalue weighted by Crippen LogP contribution is 2.50. The van der Waals surface area contributed by atoms with E-state index in [1.54, 1.807) is 18.2 Å². The largest absolute Gasteiger partial charge is 0.426 e. The Balaban J connectivity index is 1.55. The number of hydrogen-bond acceptors (Lipinski definition) is 3. The molecule has 2 aromatic rings. The van der Waals surface area contributed by atoms with Crippen LogP contribution in [0.25, 0.3) is 0 Å². The first kappa shape index (κ1) is 28.1. The van der Waals surface area contributed by atoms with E-state index in [0.29, 0.717) is 51.1 Å². The zero-order chi connectivity index (χ0) is 28.2. The van der Waals surface area contributed by atoms with E-state index in [4.69, 9.17) is 0 Å². The Morgan fingerprint density at radius 1 is 1.03 bits per heavy atom. The molecule has 5 rings (SSSR count). The van der Waals surface area contributed by atoms with E-state index in [0.717, 1.165) is 11.1 Å². The van der Waals surface area contributed by atoms with E-state index >= 15 is 0 Å². The van der Waals surface area contributed by atoms with Crippen LogP contribution in [-0.4, -0.2) is 49.5 Å². The van der Waals surface area contributed by atoms with Gasteiger partial charge in [0, 0.05) is 23.9 Å². The molecule has 0 radical (unpaired) electrons. The van der Waals surface area contributed by atoms with Crippen LogP contribution in [0.1, 0.15) is 61.3 Å². The normalized spacial score (nSPS) is 26.8. The number of fused-ring (bicyclic) bond motifs is 3. The topological polar surface area (TPSA) is 54.5 Å². The summed E-state index contributed by atoms with van der Waals surface area (Å²) in [5.41, 5.74) is -2.33. The molecule has 0 N–H and O–H groups in total. The number of alkyl halides is 4. The number of halogens is 5. The number of hydrogen-bond donors (Lipinski definition) is 0.